The van der Waals surface area contributed by atoms with Crippen LogP contribution >= 0.6 is 0 Å². The Hall–Kier alpha value is -2.89. The molecule has 1 aromatic carbocycles. The fourth-order valence-electron chi connectivity index (χ4n) is 2.18. The second kappa shape index (κ2) is 5.85. The zero-order chi connectivity index (χ0) is 15.5. The van der Waals surface area contributed by atoms with Crippen LogP contribution in [0, 0.1) is 13.8 Å². The van der Waals surface area contributed by atoms with Crippen LogP contribution in [0.4, 0.5) is 5.82 Å². The van der Waals surface area contributed by atoms with E-state index < -0.39 is 0 Å². The first-order valence-corrected chi connectivity index (χ1v) is 6.95. The third-order valence-electron chi connectivity index (χ3n) is 3.42. The lowest BCUT2D eigenvalue weighted by atomic mass is 10.2. The van der Waals surface area contributed by atoms with Crippen LogP contribution in [0.2, 0.25) is 0 Å². The number of nitrogens with one attached hydrogen (secondary N) is 1. The average Bonchev–Trinajstić information content (AvgIpc) is 3.10. The Kier molecular flexibility index (Phi) is 3.74. The zero-order valence-corrected chi connectivity index (χ0v) is 12.4. The van der Waals surface area contributed by atoms with Crippen molar-refractivity contribution in [2.24, 2.45) is 0 Å². The number of carbonyl (C=O) groups excluding carboxylic acids is 1. The van der Waals surface area contributed by atoms with Gasteiger partial charge in [-0.2, -0.15) is 5.10 Å². The van der Waals surface area contributed by atoms with Gasteiger partial charge in [0.05, 0.1) is 12.2 Å². The van der Waals surface area contributed by atoms with E-state index in [9.17, 15) is 4.79 Å². The van der Waals surface area contributed by atoms with Crippen molar-refractivity contribution in [1.29, 1.82) is 0 Å². The van der Waals surface area contributed by atoms with Crippen molar-refractivity contribution >= 4 is 11.7 Å². The summed E-state index contributed by atoms with van der Waals surface area (Å²) in [5, 5.41) is 11.0. The summed E-state index contributed by atoms with van der Waals surface area (Å²) in [7, 11) is 0. The van der Waals surface area contributed by atoms with Crippen LogP contribution in [-0.2, 0) is 6.54 Å². The lowest BCUT2D eigenvalue weighted by Crippen LogP contribution is -2.12. The largest absolute Gasteiger partial charge is 0.361 e. The third-order valence-corrected chi connectivity index (χ3v) is 3.42. The van der Waals surface area contributed by atoms with Gasteiger partial charge in [-0.05, 0) is 26.0 Å². The molecule has 22 heavy (non-hydrogen) atoms. The predicted octanol–water partition coefficient (Wildman–Crippen LogP) is 2.79. The van der Waals surface area contributed by atoms with Gasteiger partial charge in [-0.15, -0.1) is 0 Å². The normalized spacial score (nSPS) is 10.6. The molecule has 0 spiro atoms. The van der Waals surface area contributed by atoms with Crippen molar-refractivity contribution in [3.05, 3.63) is 65.2 Å². The maximum atomic E-state index is 12.1. The van der Waals surface area contributed by atoms with Gasteiger partial charge in [0.2, 0.25) is 0 Å². The van der Waals surface area contributed by atoms with Crippen molar-refractivity contribution in [3.8, 4) is 0 Å². The molecule has 0 atom stereocenters. The summed E-state index contributed by atoms with van der Waals surface area (Å²) in [6, 6.07) is 10.8. The molecule has 0 radical (unpaired) electrons. The van der Waals surface area contributed by atoms with E-state index in [-0.39, 0.29) is 5.91 Å². The lowest BCUT2D eigenvalue weighted by Gasteiger charge is -2.02. The van der Waals surface area contributed by atoms with Crippen molar-refractivity contribution in [3.63, 3.8) is 0 Å². The highest BCUT2D eigenvalue weighted by atomic mass is 16.5. The topological polar surface area (TPSA) is 73.0 Å². The van der Waals surface area contributed by atoms with Crippen molar-refractivity contribution in [1.82, 2.24) is 14.9 Å². The Labute approximate surface area is 127 Å². The SMILES string of the molecule is Cc1noc(C)c1Cn1ccc(NC(=O)c2ccccc2)n1. The molecule has 2 heterocycles. The molecule has 6 heteroatoms. The fraction of sp³-hybridized carbons (Fsp3) is 0.188. The standard InChI is InChI=1S/C16H16N4O2/c1-11-14(12(2)22-19-11)10-20-9-8-15(18-20)17-16(21)13-6-4-3-5-7-13/h3-9H,10H2,1-2H3,(H,17,18,21). The summed E-state index contributed by atoms with van der Waals surface area (Å²) < 4.78 is 6.88. The predicted molar refractivity (Wildman–Crippen MR) is 81.7 cm³/mol. The number of amides is 1. The van der Waals surface area contributed by atoms with Crippen LogP contribution in [-0.4, -0.2) is 20.8 Å². The molecular weight excluding hydrogens is 280 g/mol. The molecule has 0 fully saturated rings. The summed E-state index contributed by atoms with van der Waals surface area (Å²) in [5.74, 6) is 1.12. The average molecular weight is 296 g/mol. The monoisotopic (exact) mass is 296 g/mol. The van der Waals surface area contributed by atoms with E-state index in [2.05, 4.69) is 15.6 Å². The smallest absolute Gasteiger partial charge is 0.256 e. The number of rotatable bonds is 4. The maximum absolute atomic E-state index is 12.1. The van der Waals surface area contributed by atoms with Gasteiger partial charge in [0.15, 0.2) is 5.82 Å². The molecule has 1 amide bonds. The molecular formula is C16H16N4O2. The molecule has 1 N–H and O–H groups in total. The zero-order valence-electron chi connectivity index (χ0n) is 12.4. The molecule has 3 rings (SSSR count). The molecule has 2 aromatic heterocycles. The van der Waals surface area contributed by atoms with E-state index in [1.165, 1.54) is 0 Å². The molecule has 112 valence electrons. The van der Waals surface area contributed by atoms with Gasteiger partial charge >= 0.3 is 0 Å². The number of nitrogens with zero attached hydrogens (tertiary/aromatic N) is 3. The second-order valence-corrected chi connectivity index (χ2v) is 5.02. The van der Waals surface area contributed by atoms with E-state index in [1.54, 1.807) is 22.9 Å². The number of carbonyl (C=O) groups is 1. The number of benzene rings is 1. The van der Waals surface area contributed by atoms with Crippen LogP contribution in [0.25, 0.3) is 0 Å². The van der Waals surface area contributed by atoms with Gasteiger partial charge in [-0.1, -0.05) is 23.4 Å². The first-order valence-electron chi connectivity index (χ1n) is 6.95. The quantitative estimate of drug-likeness (QED) is 0.803. The molecule has 0 aliphatic heterocycles. The van der Waals surface area contributed by atoms with Crippen molar-refractivity contribution < 1.29 is 9.32 Å². The molecule has 0 aliphatic carbocycles. The lowest BCUT2D eigenvalue weighted by molar-refractivity contribution is 0.102. The van der Waals surface area contributed by atoms with Gasteiger partial charge in [-0.3, -0.25) is 9.48 Å². The fourth-order valence-corrected chi connectivity index (χ4v) is 2.18. The number of anilines is 1. The highest BCUT2D eigenvalue weighted by molar-refractivity contribution is 6.03. The minimum absolute atomic E-state index is 0.178. The van der Waals surface area contributed by atoms with Gasteiger partial charge in [-0.25, -0.2) is 0 Å². The van der Waals surface area contributed by atoms with E-state index in [1.807, 2.05) is 38.2 Å². The van der Waals surface area contributed by atoms with Gasteiger partial charge in [0.1, 0.15) is 5.76 Å². The number of hydrogen-bond donors (Lipinski definition) is 1. The second-order valence-electron chi connectivity index (χ2n) is 5.02. The number of aryl methyl sites for hydroxylation is 2. The number of aromatic nitrogens is 3. The van der Waals surface area contributed by atoms with Crippen LogP contribution in [0.3, 0.4) is 0 Å². The molecule has 0 saturated heterocycles. The van der Waals surface area contributed by atoms with E-state index in [4.69, 9.17) is 4.52 Å². The Morgan fingerprint density at radius 1 is 1.23 bits per heavy atom. The highest BCUT2D eigenvalue weighted by Crippen LogP contribution is 2.14. The minimum atomic E-state index is -0.178. The van der Waals surface area contributed by atoms with Gasteiger partial charge in [0, 0.05) is 23.4 Å². The summed E-state index contributed by atoms with van der Waals surface area (Å²) in [6.45, 7) is 4.33. The summed E-state index contributed by atoms with van der Waals surface area (Å²) >= 11 is 0. The Bertz CT molecular complexity index is 770. The molecule has 6 nitrogen and oxygen atoms in total. The Morgan fingerprint density at radius 2 is 2.00 bits per heavy atom. The first-order chi connectivity index (χ1) is 10.6. The molecule has 0 aliphatic rings. The van der Waals surface area contributed by atoms with Crippen LogP contribution in [0.1, 0.15) is 27.4 Å². The maximum Gasteiger partial charge on any atom is 0.256 e. The summed E-state index contributed by atoms with van der Waals surface area (Å²) in [6.07, 6.45) is 1.81. The molecule has 3 aromatic rings. The van der Waals surface area contributed by atoms with E-state index in [0.717, 1.165) is 17.0 Å². The molecule has 0 bridgehead atoms. The van der Waals surface area contributed by atoms with E-state index in [0.29, 0.717) is 17.9 Å². The Balaban J connectivity index is 1.70. The van der Waals surface area contributed by atoms with Crippen molar-refractivity contribution in [2.45, 2.75) is 20.4 Å². The van der Waals surface area contributed by atoms with Crippen LogP contribution in [0.15, 0.2) is 47.1 Å². The highest BCUT2D eigenvalue weighted by Gasteiger charge is 2.11. The molecule has 0 saturated carbocycles. The van der Waals surface area contributed by atoms with Crippen molar-refractivity contribution in [2.75, 3.05) is 5.32 Å². The van der Waals surface area contributed by atoms with Crippen LogP contribution in [0.5, 0.6) is 0 Å². The summed E-state index contributed by atoms with van der Waals surface area (Å²) in [4.78, 5) is 12.1. The minimum Gasteiger partial charge on any atom is -0.361 e. The third kappa shape index (κ3) is 2.90. The van der Waals surface area contributed by atoms with Crippen LogP contribution < -0.4 is 5.32 Å². The number of hydrogen-bond acceptors (Lipinski definition) is 4. The Morgan fingerprint density at radius 3 is 2.68 bits per heavy atom. The van der Waals surface area contributed by atoms with E-state index >= 15 is 0 Å². The molecule has 0 unspecified atom stereocenters. The summed E-state index contributed by atoms with van der Waals surface area (Å²) in [5.41, 5.74) is 2.45. The van der Waals surface area contributed by atoms with Gasteiger partial charge in [0.25, 0.3) is 5.91 Å². The van der Waals surface area contributed by atoms with Gasteiger partial charge < -0.3 is 9.84 Å². The first kappa shape index (κ1) is 14.1.